The summed E-state index contributed by atoms with van der Waals surface area (Å²) in [7, 11) is 2.14. The van der Waals surface area contributed by atoms with Crippen LogP contribution in [0.4, 0.5) is 16.4 Å². The Morgan fingerprint density at radius 2 is 1.50 bits per heavy atom. The lowest BCUT2D eigenvalue weighted by molar-refractivity contribution is -0.130. The van der Waals surface area contributed by atoms with E-state index in [1.165, 1.54) is 0 Å². The average molecular weight is 468 g/mol. The topological polar surface area (TPSA) is 94.1 Å². The SMILES string of the molecule is Cc1nc(N2CCN(C)CC2)cc(N2CCN(C(=O)CNC(=O)OCc3ccccc3)CC2)n1. The van der Waals surface area contributed by atoms with Crippen LogP contribution in [0, 0.1) is 6.92 Å². The Bertz CT molecular complexity index is 972. The fourth-order valence-electron chi connectivity index (χ4n) is 4.11. The molecule has 10 nitrogen and oxygen atoms in total. The summed E-state index contributed by atoms with van der Waals surface area (Å²) in [5.41, 5.74) is 0.899. The largest absolute Gasteiger partial charge is 0.445 e. The molecule has 0 unspecified atom stereocenters. The van der Waals surface area contributed by atoms with E-state index in [0.29, 0.717) is 26.2 Å². The molecular formula is C24H33N7O3. The van der Waals surface area contributed by atoms with Crippen molar-refractivity contribution in [3.05, 3.63) is 47.8 Å². The van der Waals surface area contributed by atoms with Crippen LogP contribution in [0.1, 0.15) is 11.4 Å². The number of aryl methyl sites for hydroxylation is 1. The highest BCUT2D eigenvalue weighted by Gasteiger charge is 2.24. The molecule has 4 rings (SSSR count). The number of anilines is 2. The first kappa shape index (κ1) is 23.7. The molecule has 0 radical (unpaired) electrons. The second-order valence-electron chi connectivity index (χ2n) is 8.70. The van der Waals surface area contributed by atoms with Crippen molar-refractivity contribution in [3.63, 3.8) is 0 Å². The van der Waals surface area contributed by atoms with Crippen molar-refractivity contribution in [1.82, 2.24) is 25.1 Å². The van der Waals surface area contributed by atoms with E-state index in [1.807, 2.05) is 37.3 Å². The fourth-order valence-corrected chi connectivity index (χ4v) is 4.11. The van der Waals surface area contributed by atoms with E-state index in [0.717, 1.165) is 49.2 Å². The predicted octanol–water partition coefficient (Wildman–Crippen LogP) is 1.11. The third-order valence-corrected chi connectivity index (χ3v) is 6.19. The third kappa shape index (κ3) is 6.34. The quantitative estimate of drug-likeness (QED) is 0.675. The maximum atomic E-state index is 12.6. The number of amides is 2. The summed E-state index contributed by atoms with van der Waals surface area (Å²) in [6.45, 7) is 8.49. The molecule has 2 aliphatic rings. The molecule has 1 aromatic heterocycles. The molecule has 0 aliphatic carbocycles. The van der Waals surface area contributed by atoms with Gasteiger partial charge < -0.3 is 29.7 Å². The van der Waals surface area contributed by atoms with E-state index in [9.17, 15) is 9.59 Å². The second-order valence-corrected chi connectivity index (χ2v) is 8.70. The van der Waals surface area contributed by atoms with Gasteiger partial charge in [0.2, 0.25) is 5.91 Å². The zero-order valence-electron chi connectivity index (χ0n) is 19.9. The van der Waals surface area contributed by atoms with Gasteiger partial charge in [0.15, 0.2) is 0 Å². The van der Waals surface area contributed by atoms with Gasteiger partial charge in [-0.3, -0.25) is 4.79 Å². The van der Waals surface area contributed by atoms with Gasteiger partial charge in [0.1, 0.15) is 30.6 Å². The van der Waals surface area contributed by atoms with Crippen molar-refractivity contribution in [2.24, 2.45) is 0 Å². The summed E-state index contributed by atoms with van der Waals surface area (Å²) in [6, 6.07) is 11.5. The number of likely N-dealkylation sites (N-methyl/N-ethyl adjacent to an activating group) is 1. The van der Waals surface area contributed by atoms with E-state index in [2.05, 4.69) is 43.1 Å². The highest BCUT2D eigenvalue weighted by molar-refractivity contribution is 5.82. The number of ether oxygens (including phenoxy) is 1. The number of benzene rings is 1. The Hall–Kier alpha value is -3.40. The van der Waals surface area contributed by atoms with E-state index in [1.54, 1.807) is 4.90 Å². The lowest BCUT2D eigenvalue weighted by atomic mass is 10.2. The molecule has 2 aliphatic heterocycles. The molecule has 2 saturated heterocycles. The highest BCUT2D eigenvalue weighted by atomic mass is 16.5. The van der Waals surface area contributed by atoms with E-state index in [-0.39, 0.29) is 19.1 Å². The Morgan fingerprint density at radius 3 is 2.12 bits per heavy atom. The van der Waals surface area contributed by atoms with E-state index >= 15 is 0 Å². The summed E-state index contributed by atoms with van der Waals surface area (Å²) in [4.78, 5) is 42.4. The summed E-state index contributed by atoms with van der Waals surface area (Å²) in [5, 5.41) is 2.55. The van der Waals surface area contributed by atoms with Gasteiger partial charge in [-0.1, -0.05) is 30.3 Å². The highest BCUT2D eigenvalue weighted by Crippen LogP contribution is 2.21. The Morgan fingerprint density at radius 1 is 0.912 bits per heavy atom. The third-order valence-electron chi connectivity index (χ3n) is 6.19. The number of carbonyl (C=O) groups is 2. The Labute approximate surface area is 200 Å². The van der Waals surface area contributed by atoms with Gasteiger partial charge in [0.05, 0.1) is 0 Å². The van der Waals surface area contributed by atoms with Gasteiger partial charge in [0, 0.05) is 58.4 Å². The van der Waals surface area contributed by atoms with Crippen LogP contribution in [0.5, 0.6) is 0 Å². The molecule has 1 N–H and O–H groups in total. The van der Waals surface area contributed by atoms with Crippen molar-refractivity contribution >= 4 is 23.6 Å². The molecule has 0 saturated carbocycles. The normalized spacial score (nSPS) is 16.9. The molecule has 10 heteroatoms. The Kier molecular flexibility index (Phi) is 7.79. The van der Waals surface area contributed by atoms with Crippen molar-refractivity contribution in [2.45, 2.75) is 13.5 Å². The van der Waals surface area contributed by atoms with E-state index in [4.69, 9.17) is 4.74 Å². The van der Waals surface area contributed by atoms with Gasteiger partial charge in [-0.2, -0.15) is 0 Å². The summed E-state index contributed by atoms with van der Waals surface area (Å²) in [5.74, 6) is 2.50. The van der Waals surface area contributed by atoms with Crippen LogP contribution in [0.25, 0.3) is 0 Å². The van der Waals surface area contributed by atoms with Crippen molar-refractivity contribution in [3.8, 4) is 0 Å². The lowest BCUT2D eigenvalue weighted by Gasteiger charge is -2.36. The minimum Gasteiger partial charge on any atom is -0.445 e. The van der Waals surface area contributed by atoms with Crippen molar-refractivity contribution in [1.29, 1.82) is 0 Å². The molecule has 1 aromatic carbocycles. The van der Waals surface area contributed by atoms with Gasteiger partial charge in [0.25, 0.3) is 0 Å². The fraction of sp³-hybridized carbons (Fsp3) is 0.500. The number of alkyl carbamates (subject to hydrolysis) is 1. The number of piperazine rings is 2. The molecule has 0 bridgehead atoms. The number of aromatic nitrogens is 2. The molecule has 2 aromatic rings. The molecule has 2 amide bonds. The van der Waals surface area contributed by atoms with Crippen LogP contribution in [0.3, 0.4) is 0 Å². The number of nitrogens with one attached hydrogen (secondary N) is 1. The zero-order chi connectivity index (χ0) is 23.9. The molecule has 2 fully saturated rings. The second kappa shape index (κ2) is 11.1. The van der Waals surface area contributed by atoms with Crippen LogP contribution in [-0.4, -0.2) is 97.7 Å². The van der Waals surface area contributed by atoms with Gasteiger partial charge in [-0.05, 0) is 19.5 Å². The molecule has 0 spiro atoms. The van der Waals surface area contributed by atoms with Crippen LogP contribution in [0.15, 0.2) is 36.4 Å². The summed E-state index contributed by atoms with van der Waals surface area (Å²) >= 11 is 0. The van der Waals surface area contributed by atoms with Gasteiger partial charge in [-0.15, -0.1) is 0 Å². The van der Waals surface area contributed by atoms with Crippen LogP contribution >= 0.6 is 0 Å². The lowest BCUT2D eigenvalue weighted by Crippen LogP contribution is -2.51. The number of hydrogen-bond acceptors (Lipinski definition) is 8. The average Bonchev–Trinajstić information content (AvgIpc) is 2.87. The van der Waals surface area contributed by atoms with Crippen LogP contribution in [-0.2, 0) is 16.1 Å². The zero-order valence-corrected chi connectivity index (χ0v) is 19.9. The summed E-state index contributed by atoms with van der Waals surface area (Å²) < 4.78 is 5.17. The number of hydrogen-bond donors (Lipinski definition) is 1. The smallest absolute Gasteiger partial charge is 0.407 e. The standard InChI is InChI=1S/C24H33N7O3/c1-19-26-21(29-10-8-28(2)9-11-29)16-22(27-19)30-12-14-31(15-13-30)23(32)17-25-24(33)34-18-20-6-4-3-5-7-20/h3-7,16H,8-15,17-18H2,1-2H3,(H,25,33). The first-order chi connectivity index (χ1) is 16.5. The van der Waals surface area contributed by atoms with Crippen LogP contribution in [0.2, 0.25) is 0 Å². The maximum Gasteiger partial charge on any atom is 0.407 e. The number of nitrogens with zero attached hydrogens (tertiary/aromatic N) is 6. The molecular weight excluding hydrogens is 434 g/mol. The van der Waals surface area contributed by atoms with Crippen molar-refractivity contribution < 1.29 is 14.3 Å². The first-order valence-electron chi connectivity index (χ1n) is 11.7. The first-order valence-corrected chi connectivity index (χ1v) is 11.7. The summed E-state index contributed by atoms with van der Waals surface area (Å²) in [6.07, 6.45) is -0.594. The molecule has 34 heavy (non-hydrogen) atoms. The van der Waals surface area contributed by atoms with Gasteiger partial charge in [-0.25, -0.2) is 14.8 Å². The predicted molar refractivity (Wildman–Crippen MR) is 130 cm³/mol. The minimum absolute atomic E-state index is 0.0756. The van der Waals surface area contributed by atoms with E-state index < -0.39 is 6.09 Å². The Balaban J connectivity index is 1.23. The number of carbonyl (C=O) groups excluding carboxylic acids is 2. The maximum absolute atomic E-state index is 12.6. The molecule has 0 atom stereocenters. The minimum atomic E-state index is -0.594. The molecule has 182 valence electrons. The monoisotopic (exact) mass is 467 g/mol. The van der Waals surface area contributed by atoms with Gasteiger partial charge >= 0.3 is 6.09 Å². The van der Waals surface area contributed by atoms with Crippen LogP contribution < -0.4 is 15.1 Å². The number of rotatable bonds is 6. The van der Waals surface area contributed by atoms with Crippen molar-refractivity contribution in [2.75, 3.05) is 75.8 Å². The molecule has 3 heterocycles.